The van der Waals surface area contributed by atoms with Crippen LogP contribution >= 0.6 is 23.2 Å². The number of anilines is 1. The van der Waals surface area contributed by atoms with E-state index >= 15 is 0 Å². The number of carbonyl (C=O) groups excluding carboxylic acids is 1. The summed E-state index contributed by atoms with van der Waals surface area (Å²) < 4.78 is 16.4. The summed E-state index contributed by atoms with van der Waals surface area (Å²) in [5.41, 5.74) is 6.36. The second-order valence-corrected chi connectivity index (χ2v) is 7.62. The third kappa shape index (κ3) is 3.56. The lowest BCUT2D eigenvalue weighted by Crippen LogP contribution is -2.37. The van der Waals surface area contributed by atoms with Crippen LogP contribution in [0.15, 0.2) is 47.7 Å². The van der Waals surface area contributed by atoms with Gasteiger partial charge in [-0.2, -0.15) is 5.10 Å². The minimum absolute atomic E-state index is 0.00858. The van der Waals surface area contributed by atoms with Gasteiger partial charge in [-0.25, -0.2) is 9.37 Å². The number of amides is 1. The molecule has 1 aliphatic rings. The SMILES string of the molecule is C[C@]1(c2cc(NC(=O)c3ncc(Cl)cc3Cl)ccc2F)Cn2nccc2C(N)=N1. The lowest BCUT2D eigenvalue weighted by atomic mass is 9.90. The zero-order valence-electron chi connectivity index (χ0n) is 15.2. The highest BCUT2D eigenvalue weighted by Crippen LogP contribution is 2.34. The molecule has 2 aromatic heterocycles. The first-order valence-electron chi connectivity index (χ1n) is 8.57. The summed E-state index contributed by atoms with van der Waals surface area (Å²) in [5.74, 6) is -0.752. The maximum absolute atomic E-state index is 14.7. The molecule has 1 aromatic carbocycles. The number of pyridine rings is 1. The Morgan fingerprint density at radius 1 is 1.31 bits per heavy atom. The van der Waals surface area contributed by atoms with E-state index in [-0.39, 0.29) is 22.1 Å². The molecule has 1 atom stereocenters. The van der Waals surface area contributed by atoms with Gasteiger partial charge in [0, 0.05) is 23.6 Å². The maximum Gasteiger partial charge on any atom is 0.275 e. The predicted molar refractivity (Wildman–Crippen MR) is 109 cm³/mol. The van der Waals surface area contributed by atoms with Gasteiger partial charge in [-0.05, 0) is 37.3 Å². The Balaban J connectivity index is 1.66. The van der Waals surface area contributed by atoms with E-state index in [2.05, 4.69) is 20.4 Å². The van der Waals surface area contributed by atoms with Crippen molar-refractivity contribution in [2.75, 3.05) is 5.32 Å². The van der Waals surface area contributed by atoms with Gasteiger partial charge < -0.3 is 11.1 Å². The summed E-state index contributed by atoms with van der Waals surface area (Å²) in [6.07, 6.45) is 2.93. The molecule has 0 bridgehead atoms. The summed E-state index contributed by atoms with van der Waals surface area (Å²) in [4.78, 5) is 21.0. The molecule has 1 aliphatic heterocycles. The maximum atomic E-state index is 14.7. The molecule has 0 radical (unpaired) electrons. The standard InChI is InChI=1S/C19H15Cl2FN6O/c1-19(9-28-15(4-5-25-28)17(23)27-19)12-7-11(2-3-14(12)22)26-18(29)16-13(21)6-10(20)8-24-16/h2-8H,9H2,1H3,(H2,23,27)(H,26,29)/t19-/m1/s1. The number of aromatic nitrogens is 3. The minimum Gasteiger partial charge on any atom is -0.382 e. The Hall–Kier alpha value is -2.97. The summed E-state index contributed by atoms with van der Waals surface area (Å²) in [5, 5.41) is 7.31. The molecule has 10 heteroatoms. The number of rotatable bonds is 3. The van der Waals surface area contributed by atoms with Crippen LogP contribution in [0.2, 0.25) is 10.0 Å². The average molecular weight is 433 g/mol. The van der Waals surface area contributed by atoms with Gasteiger partial charge in [-0.1, -0.05) is 23.2 Å². The van der Waals surface area contributed by atoms with Crippen LogP contribution in [0.5, 0.6) is 0 Å². The largest absolute Gasteiger partial charge is 0.382 e. The number of fused-ring (bicyclic) bond motifs is 1. The Morgan fingerprint density at radius 3 is 2.86 bits per heavy atom. The quantitative estimate of drug-likeness (QED) is 0.660. The number of amidine groups is 1. The first-order valence-corrected chi connectivity index (χ1v) is 9.32. The van der Waals surface area contributed by atoms with Gasteiger partial charge in [0.05, 0.1) is 16.6 Å². The van der Waals surface area contributed by atoms with Crippen molar-refractivity contribution in [1.29, 1.82) is 0 Å². The normalized spacial score (nSPS) is 18.1. The molecule has 3 heterocycles. The van der Waals surface area contributed by atoms with Crippen LogP contribution in [-0.4, -0.2) is 26.5 Å². The number of nitrogens with one attached hydrogen (secondary N) is 1. The van der Waals surface area contributed by atoms with Crippen molar-refractivity contribution >= 4 is 40.6 Å². The molecule has 7 nitrogen and oxygen atoms in total. The third-order valence-corrected chi connectivity index (χ3v) is 5.13. The highest BCUT2D eigenvalue weighted by atomic mass is 35.5. The molecule has 0 fully saturated rings. The van der Waals surface area contributed by atoms with Gasteiger partial charge >= 0.3 is 0 Å². The van der Waals surface area contributed by atoms with Crippen molar-refractivity contribution in [3.05, 3.63) is 75.5 Å². The predicted octanol–water partition coefficient (Wildman–Crippen LogP) is 3.61. The fourth-order valence-corrected chi connectivity index (χ4v) is 3.73. The van der Waals surface area contributed by atoms with Crippen molar-refractivity contribution in [1.82, 2.24) is 14.8 Å². The van der Waals surface area contributed by atoms with E-state index in [0.717, 1.165) is 0 Å². The number of nitrogens with two attached hydrogens (primary N) is 1. The van der Waals surface area contributed by atoms with Gasteiger partial charge in [0.15, 0.2) is 0 Å². The Bertz CT molecular complexity index is 1160. The fraction of sp³-hybridized carbons (Fsp3) is 0.158. The molecular formula is C19H15Cl2FN6O. The second kappa shape index (κ2) is 7.13. The number of carbonyl (C=O) groups is 1. The second-order valence-electron chi connectivity index (χ2n) is 6.78. The molecule has 4 rings (SSSR count). The third-order valence-electron chi connectivity index (χ3n) is 4.63. The average Bonchev–Trinajstić information content (AvgIpc) is 3.11. The smallest absolute Gasteiger partial charge is 0.275 e. The molecule has 3 N–H and O–H groups in total. The van der Waals surface area contributed by atoms with Crippen LogP contribution in [0.4, 0.5) is 10.1 Å². The van der Waals surface area contributed by atoms with Gasteiger partial charge in [0.1, 0.15) is 28.6 Å². The van der Waals surface area contributed by atoms with Gasteiger partial charge in [0.25, 0.3) is 5.91 Å². The van der Waals surface area contributed by atoms with Crippen LogP contribution in [-0.2, 0) is 12.1 Å². The number of hydrogen-bond acceptors (Lipinski definition) is 5. The molecule has 0 spiro atoms. The topological polar surface area (TPSA) is 98.2 Å². The van der Waals surface area contributed by atoms with E-state index in [1.807, 2.05) is 0 Å². The van der Waals surface area contributed by atoms with Crippen LogP contribution < -0.4 is 11.1 Å². The van der Waals surface area contributed by atoms with Crippen LogP contribution in [0.25, 0.3) is 0 Å². The van der Waals surface area contributed by atoms with E-state index in [4.69, 9.17) is 28.9 Å². The lowest BCUT2D eigenvalue weighted by Gasteiger charge is -2.31. The van der Waals surface area contributed by atoms with Crippen molar-refractivity contribution < 1.29 is 9.18 Å². The molecule has 0 saturated heterocycles. The van der Waals surface area contributed by atoms with E-state index in [1.54, 1.807) is 23.9 Å². The van der Waals surface area contributed by atoms with Crippen molar-refractivity contribution in [3.8, 4) is 0 Å². The molecule has 1 amide bonds. The molecule has 3 aromatic rings. The van der Waals surface area contributed by atoms with Gasteiger partial charge in [-0.15, -0.1) is 0 Å². The highest BCUT2D eigenvalue weighted by molar-refractivity contribution is 6.36. The molecule has 29 heavy (non-hydrogen) atoms. The van der Waals surface area contributed by atoms with Crippen LogP contribution in [0.1, 0.15) is 28.7 Å². The Kier molecular flexibility index (Phi) is 4.76. The number of aliphatic imine (C=N–C) groups is 1. The van der Waals surface area contributed by atoms with Crippen LogP contribution in [0, 0.1) is 5.82 Å². The van der Waals surface area contributed by atoms with E-state index < -0.39 is 17.3 Å². The molecule has 148 valence electrons. The molecule has 0 unspecified atom stereocenters. The summed E-state index contributed by atoms with van der Waals surface area (Å²) in [6.45, 7) is 2.06. The zero-order chi connectivity index (χ0) is 20.8. The minimum atomic E-state index is -0.996. The highest BCUT2D eigenvalue weighted by Gasteiger charge is 2.35. The Morgan fingerprint density at radius 2 is 2.10 bits per heavy atom. The Labute approximate surface area is 175 Å². The first-order chi connectivity index (χ1) is 13.8. The number of halogens is 3. The summed E-state index contributed by atoms with van der Waals surface area (Å²) in [6, 6.07) is 7.39. The first kappa shape index (κ1) is 19.4. The van der Waals surface area contributed by atoms with E-state index in [1.165, 1.54) is 30.5 Å². The van der Waals surface area contributed by atoms with E-state index in [0.29, 0.717) is 22.9 Å². The van der Waals surface area contributed by atoms with Crippen molar-refractivity contribution in [2.45, 2.75) is 19.0 Å². The number of hydrogen-bond donors (Lipinski definition) is 2. The number of nitrogens with zero attached hydrogens (tertiary/aromatic N) is 4. The number of benzene rings is 1. The molecular weight excluding hydrogens is 418 g/mol. The van der Waals surface area contributed by atoms with Gasteiger partial charge in [-0.3, -0.25) is 14.5 Å². The summed E-state index contributed by atoms with van der Waals surface area (Å²) >= 11 is 11.8. The van der Waals surface area contributed by atoms with Crippen molar-refractivity contribution in [3.63, 3.8) is 0 Å². The zero-order valence-corrected chi connectivity index (χ0v) is 16.7. The van der Waals surface area contributed by atoms with Crippen LogP contribution in [0.3, 0.4) is 0 Å². The molecule has 0 aliphatic carbocycles. The fourth-order valence-electron chi connectivity index (χ4n) is 3.26. The molecule has 0 saturated carbocycles. The van der Waals surface area contributed by atoms with E-state index in [9.17, 15) is 9.18 Å². The lowest BCUT2D eigenvalue weighted by molar-refractivity contribution is 0.102. The van der Waals surface area contributed by atoms with Crippen molar-refractivity contribution in [2.24, 2.45) is 10.7 Å². The van der Waals surface area contributed by atoms with Gasteiger partial charge in [0.2, 0.25) is 0 Å². The monoisotopic (exact) mass is 432 g/mol. The summed E-state index contributed by atoms with van der Waals surface area (Å²) in [7, 11) is 0.